The summed E-state index contributed by atoms with van der Waals surface area (Å²) in [5.41, 5.74) is 3.11. The fourth-order valence-electron chi connectivity index (χ4n) is 3.00. The number of methoxy groups -OCH3 is 1. The lowest BCUT2D eigenvalue weighted by atomic mass is 10.1. The first-order chi connectivity index (χ1) is 11.4. The van der Waals surface area contributed by atoms with Gasteiger partial charge in [0, 0.05) is 47.5 Å². The van der Waals surface area contributed by atoms with E-state index in [9.17, 15) is 0 Å². The van der Waals surface area contributed by atoms with Crippen molar-refractivity contribution in [2.75, 3.05) is 32.5 Å². The van der Waals surface area contributed by atoms with Crippen molar-refractivity contribution in [3.8, 4) is 5.75 Å². The lowest BCUT2D eigenvalue weighted by molar-refractivity contribution is 0.375. The molecule has 0 radical (unpaired) electrons. The number of ether oxygens (including phenoxy) is 1. The average molecular weight is 351 g/mol. The number of thioether (sulfide) groups is 1. The Morgan fingerprint density at radius 1 is 1.46 bits per heavy atom. The summed E-state index contributed by atoms with van der Waals surface area (Å²) in [6.45, 7) is 14.2. The lowest BCUT2D eigenvalue weighted by Gasteiger charge is -2.39. The molecule has 0 unspecified atom stereocenters. The third-order valence-corrected chi connectivity index (χ3v) is 5.49. The molecule has 5 nitrogen and oxygen atoms in total. The van der Waals surface area contributed by atoms with E-state index in [-0.39, 0.29) is 4.75 Å². The Bertz CT molecular complexity index is 601. The molecule has 0 spiro atoms. The molecule has 1 aromatic rings. The lowest BCUT2D eigenvalue weighted by Crippen LogP contribution is -2.50. The molecule has 1 aliphatic rings. The summed E-state index contributed by atoms with van der Waals surface area (Å²) >= 11 is 2.03. The summed E-state index contributed by atoms with van der Waals surface area (Å²) in [6.07, 6.45) is 1.87. The summed E-state index contributed by atoms with van der Waals surface area (Å²) in [6, 6.07) is 0. The maximum Gasteiger partial charge on any atom is 0.194 e. The number of hydrogen-bond acceptors (Lipinski definition) is 4. The van der Waals surface area contributed by atoms with Crippen LogP contribution in [0.15, 0.2) is 11.2 Å². The van der Waals surface area contributed by atoms with Gasteiger partial charge in [0.15, 0.2) is 5.96 Å². The van der Waals surface area contributed by atoms with Crippen molar-refractivity contribution in [2.24, 2.45) is 4.99 Å². The van der Waals surface area contributed by atoms with Crippen LogP contribution in [0.3, 0.4) is 0 Å². The minimum atomic E-state index is 0.260. The van der Waals surface area contributed by atoms with Gasteiger partial charge < -0.3 is 15.0 Å². The maximum atomic E-state index is 5.50. The Balaban J connectivity index is 2.20. The summed E-state index contributed by atoms with van der Waals surface area (Å²) in [5, 5.41) is 3.43. The van der Waals surface area contributed by atoms with Gasteiger partial charge in [-0.05, 0) is 34.6 Å². The first kappa shape index (κ1) is 18.9. The fourth-order valence-corrected chi connectivity index (χ4v) is 4.11. The second kappa shape index (κ2) is 8.10. The van der Waals surface area contributed by atoms with Crippen LogP contribution in [0.4, 0.5) is 0 Å². The largest absolute Gasteiger partial charge is 0.496 e. The molecule has 0 bridgehead atoms. The molecule has 1 fully saturated rings. The molecule has 0 aliphatic carbocycles. The Morgan fingerprint density at radius 3 is 2.83 bits per heavy atom. The second-order valence-corrected chi connectivity index (χ2v) is 8.55. The molecule has 1 aliphatic heterocycles. The van der Waals surface area contributed by atoms with Gasteiger partial charge in [0.1, 0.15) is 5.75 Å². The highest BCUT2D eigenvalue weighted by molar-refractivity contribution is 8.00. The van der Waals surface area contributed by atoms with Crippen LogP contribution in [-0.4, -0.2) is 53.1 Å². The smallest absolute Gasteiger partial charge is 0.194 e. The molecule has 0 atom stereocenters. The van der Waals surface area contributed by atoms with Crippen LogP contribution >= 0.6 is 11.8 Å². The van der Waals surface area contributed by atoms with E-state index in [0.717, 1.165) is 53.9 Å². The highest BCUT2D eigenvalue weighted by Crippen LogP contribution is 2.29. The zero-order valence-electron chi connectivity index (χ0n) is 15.8. The summed E-state index contributed by atoms with van der Waals surface area (Å²) in [4.78, 5) is 11.8. The zero-order valence-corrected chi connectivity index (χ0v) is 16.6. The van der Waals surface area contributed by atoms with E-state index in [0.29, 0.717) is 6.54 Å². The number of pyridine rings is 1. The van der Waals surface area contributed by atoms with Crippen molar-refractivity contribution in [1.82, 2.24) is 15.2 Å². The number of nitrogens with zero attached hydrogens (tertiary/aromatic N) is 3. The number of aryl methyl sites for hydroxylation is 1. The first-order valence-electron chi connectivity index (χ1n) is 8.54. The van der Waals surface area contributed by atoms with Crippen LogP contribution in [-0.2, 0) is 6.54 Å². The molecular formula is C18H30N4OS. The summed E-state index contributed by atoms with van der Waals surface area (Å²) in [7, 11) is 1.71. The molecule has 2 heterocycles. The average Bonchev–Trinajstić information content (AvgIpc) is 2.52. The molecule has 1 saturated heterocycles. The predicted molar refractivity (Wildman–Crippen MR) is 103 cm³/mol. The SMILES string of the molecule is CCNC(=NCc1ncc(C)c(OC)c1C)N1CCSC(C)(C)C1. The van der Waals surface area contributed by atoms with Crippen LogP contribution < -0.4 is 10.1 Å². The van der Waals surface area contributed by atoms with Crippen molar-refractivity contribution in [3.05, 3.63) is 23.0 Å². The second-order valence-electron chi connectivity index (χ2n) is 6.75. The van der Waals surface area contributed by atoms with Crippen molar-refractivity contribution in [2.45, 2.75) is 45.9 Å². The highest BCUT2D eigenvalue weighted by atomic mass is 32.2. The van der Waals surface area contributed by atoms with Crippen molar-refractivity contribution in [1.29, 1.82) is 0 Å². The standard InChI is InChI=1S/C18H30N4OS/c1-7-19-17(22-8-9-24-18(4,5)12-22)21-11-15-14(3)16(23-6)13(2)10-20-15/h10H,7-9,11-12H2,1-6H3,(H,19,21). The molecule has 1 N–H and O–H groups in total. The van der Waals surface area contributed by atoms with E-state index < -0.39 is 0 Å². The Kier molecular flexibility index (Phi) is 6.38. The Hall–Kier alpha value is -1.43. The number of rotatable bonds is 4. The van der Waals surface area contributed by atoms with E-state index >= 15 is 0 Å². The topological polar surface area (TPSA) is 49.8 Å². The van der Waals surface area contributed by atoms with E-state index in [4.69, 9.17) is 9.73 Å². The third kappa shape index (κ3) is 4.56. The molecule has 0 aromatic carbocycles. The van der Waals surface area contributed by atoms with Crippen molar-refractivity contribution in [3.63, 3.8) is 0 Å². The van der Waals surface area contributed by atoms with Crippen LogP contribution in [0, 0.1) is 13.8 Å². The number of nitrogens with one attached hydrogen (secondary N) is 1. The highest BCUT2D eigenvalue weighted by Gasteiger charge is 2.28. The van der Waals surface area contributed by atoms with Gasteiger partial charge in [-0.15, -0.1) is 0 Å². The van der Waals surface area contributed by atoms with Gasteiger partial charge in [-0.25, -0.2) is 4.99 Å². The predicted octanol–water partition coefficient (Wildman–Crippen LogP) is 3.00. The molecule has 6 heteroatoms. The fraction of sp³-hybridized carbons (Fsp3) is 0.667. The number of guanidine groups is 1. The van der Waals surface area contributed by atoms with Gasteiger partial charge in [0.25, 0.3) is 0 Å². The third-order valence-electron chi connectivity index (χ3n) is 4.19. The van der Waals surface area contributed by atoms with Gasteiger partial charge in [-0.1, -0.05) is 0 Å². The first-order valence-corrected chi connectivity index (χ1v) is 9.52. The van der Waals surface area contributed by atoms with Gasteiger partial charge >= 0.3 is 0 Å². The number of aromatic nitrogens is 1. The normalized spacial score (nSPS) is 17.8. The Morgan fingerprint density at radius 2 is 2.21 bits per heavy atom. The molecular weight excluding hydrogens is 320 g/mol. The van der Waals surface area contributed by atoms with Crippen molar-refractivity contribution < 1.29 is 4.74 Å². The Labute approximate surface area is 150 Å². The molecule has 2 rings (SSSR count). The van der Waals surface area contributed by atoms with Gasteiger partial charge in [-0.2, -0.15) is 11.8 Å². The van der Waals surface area contributed by atoms with Gasteiger partial charge in [0.05, 0.1) is 19.3 Å². The quantitative estimate of drug-likeness (QED) is 0.668. The minimum absolute atomic E-state index is 0.260. The van der Waals surface area contributed by atoms with Crippen LogP contribution in [0.5, 0.6) is 5.75 Å². The maximum absolute atomic E-state index is 5.50. The van der Waals surface area contributed by atoms with Crippen LogP contribution in [0.1, 0.15) is 37.6 Å². The molecule has 0 saturated carbocycles. The van der Waals surface area contributed by atoms with E-state index in [1.165, 1.54) is 0 Å². The minimum Gasteiger partial charge on any atom is -0.496 e. The van der Waals surface area contributed by atoms with E-state index in [1.807, 2.05) is 24.9 Å². The van der Waals surface area contributed by atoms with Crippen LogP contribution in [0.2, 0.25) is 0 Å². The van der Waals surface area contributed by atoms with Crippen molar-refractivity contribution >= 4 is 17.7 Å². The van der Waals surface area contributed by atoms with Crippen LogP contribution in [0.25, 0.3) is 0 Å². The summed E-state index contributed by atoms with van der Waals surface area (Å²) in [5.74, 6) is 3.02. The van der Waals surface area contributed by atoms with E-state index in [1.54, 1.807) is 7.11 Å². The van der Waals surface area contributed by atoms with E-state index in [2.05, 4.69) is 42.9 Å². The summed E-state index contributed by atoms with van der Waals surface area (Å²) < 4.78 is 5.76. The molecule has 1 aromatic heterocycles. The van der Waals surface area contributed by atoms with Gasteiger partial charge in [0.2, 0.25) is 0 Å². The molecule has 24 heavy (non-hydrogen) atoms. The van der Waals surface area contributed by atoms with Gasteiger partial charge in [-0.3, -0.25) is 4.98 Å². The number of hydrogen-bond donors (Lipinski definition) is 1. The zero-order chi connectivity index (χ0) is 17.7. The monoisotopic (exact) mass is 350 g/mol. The number of aliphatic imine (C=N–C) groups is 1. The molecule has 0 amide bonds. The molecule has 134 valence electrons.